The molecule has 0 bridgehead atoms. The Bertz CT molecular complexity index is 424. The first kappa shape index (κ1) is 13.8. The first-order valence-corrected chi connectivity index (χ1v) is 7.12. The van der Waals surface area contributed by atoms with Gasteiger partial charge in [0.05, 0.1) is 5.56 Å². The molecule has 1 fully saturated rings. The molecule has 1 aromatic heterocycles. The smallest absolute Gasteiger partial charge is 0.255 e. The molecule has 19 heavy (non-hydrogen) atoms. The summed E-state index contributed by atoms with van der Waals surface area (Å²) in [7, 11) is 0. The van der Waals surface area contributed by atoms with Crippen LogP contribution in [-0.2, 0) is 0 Å². The number of pyridine rings is 1. The summed E-state index contributed by atoms with van der Waals surface area (Å²) >= 11 is 0. The third-order valence-corrected chi connectivity index (χ3v) is 3.40. The molecule has 1 N–H and O–H groups in total. The molecule has 0 spiro atoms. The van der Waals surface area contributed by atoms with Crippen molar-refractivity contribution in [3.63, 3.8) is 0 Å². The third-order valence-electron chi connectivity index (χ3n) is 3.40. The Morgan fingerprint density at radius 2 is 2.21 bits per heavy atom. The number of hydrogen-bond acceptors (Lipinski definition) is 3. The van der Waals surface area contributed by atoms with Gasteiger partial charge in [-0.1, -0.05) is 0 Å². The van der Waals surface area contributed by atoms with Gasteiger partial charge in [0.25, 0.3) is 5.91 Å². The van der Waals surface area contributed by atoms with E-state index in [0.29, 0.717) is 11.5 Å². The lowest BCUT2D eigenvalue weighted by Gasteiger charge is -2.26. The minimum atomic E-state index is 0.0949. The van der Waals surface area contributed by atoms with Crippen LogP contribution in [-0.4, -0.2) is 34.9 Å². The number of carbonyl (C=O) groups excluding carboxylic acids is 1. The predicted octanol–water partition coefficient (Wildman–Crippen LogP) is 2.77. The maximum Gasteiger partial charge on any atom is 0.255 e. The van der Waals surface area contributed by atoms with Crippen molar-refractivity contribution in [2.45, 2.75) is 39.7 Å². The van der Waals surface area contributed by atoms with Crippen molar-refractivity contribution in [1.29, 1.82) is 0 Å². The van der Waals surface area contributed by atoms with Crippen molar-refractivity contribution >= 4 is 11.7 Å². The molecule has 0 saturated heterocycles. The summed E-state index contributed by atoms with van der Waals surface area (Å²) in [6.45, 7) is 7.88. The molecule has 1 aliphatic rings. The van der Waals surface area contributed by atoms with Crippen molar-refractivity contribution in [3.05, 3.63) is 23.9 Å². The molecule has 0 unspecified atom stereocenters. The van der Waals surface area contributed by atoms with Gasteiger partial charge in [0.1, 0.15) is 5.82 Å². The number of hydrogen-bond donors (Lipinski definition) is 1. The monoisotopic (exact) mass is 261 g/mol. The van der Waals surface area contributed by atoms with Crippen LogP contribution < -0.4 is 5.32 Å². The number of nitrogens with zero attached hydrogens (tertiary/aromatic N) is 2. The molecule has 1 saturated carbocycles. The molecular formula is C15H23N3O. The molecule has 0 atom stereocenters. The number of carbonyl (C=O) groups is 1. The van der Waals surface area contributed by atoms with E-state index in [1.807, 2.05) is 24.0 Å². The zero-order valence-corrected chi connectivity index (χ0v) is 12.0. The molecule has 1 amide bonds. The van der Waals surface area contributed by atoms with E-state index >= 15 is 0 Å². The molecule has 1 aliphatic carbocycles. The van der Waals surface area contributed by atoms with Crippen LogP contribution in [0.3, 0.4) is 0 Å². The molecule has 1 heterocycles. The van der Waals surface area contributed by atoms with Crippen LogP contribution in [0, 0.1) is 5.92 Å². The first-order chi connectivity index (χ1) is 9.11. The van der Waals surface area contributed by atoms with Crippen molar-refractivity contribution in [2.75, 3.05) is 18.4 Å². The van der Waals surface area contributed by atoms with Gasteiger partial charge in [-0.05, 0) is 51.7 Å². The van der Waals surface area contributed by atoms with Gasteiger partial charge < -0.3 is 10.2 Å². The molecule has 4 nitrogen and oxygen atoms in total. The lowest BCUT2D eigenvalue weighted by Crippen LogP contribution is -2.38. The van der Waals surface area contributed by atoms with Crippen LogP contribution in [0.4, 0.5) is 5.82 Å². The summed E-state index contributed by atoms with van der Waals surface area (Å²) in [6.07, 6.45) is 4.19. The summed E-state index contributed by atoms with van der Waals surface area (Å²) < 4.78 is 0. The largest absolute Gasteiger partial charge is 0.370 e. The van der Waals surface area contributed by atoms with Crippen molar-refractivity contribution in [2.24, 2.45) is 5.92 Å². The number of aromatic nitrogens is 1. The Hall–Kier alpha value is -1.58. The fourth-order valence-corrected chi connectivity index (χ4v) is 2.08. The highest BCUT2D eigenvalue weighted by molar-refractivity contribution is 5.94. The quantitative estimate of drug-likeness (QED) is 0.856. The Kier molecular flexibility index (Phi) is 4.40. The van der Waals surface area contributed by atoms with Gasteiger partial charge in [0, 0.05) is 25.3 Å². The molecular weight excluding hydrogens is 238 g/mol. The molecule has 0 radical (unpaired) electrons. The number of nitrogens with one attached hydrogen (secondary N) is 1. The van der Waals surface area contributed by atoms with Gasteiger partial charge in [0.2, 0.25) is 0 Å². The molecule has 0 aromatic carbocycles. The number of amides is 1. The van der Waals surface area contributed by atoms with E-state index in [1.54, 1.807) is 6.20 Å². The topological polar surface area (TPSA) is 45.2 Å². The standard InChI is InChI=1S/C15H23N3O/c1-4-16-14-8-7-13(9-17-14)15(19)18(11(2)3)10-12-5-6-12/h7-9,11-12H,4-6,10H2,1-3H3,(H,16,17). The molecule has 1 aromatic rings. The lowest BCUT2D eigenvalue weighted by molar-refractivity contribution is 0.0696. The SMILES string of the molecule is CCNc1ccc(C(=O)N(CC2CC2)C(C)C)cn1. The Labute approximate surface area is 115 Å². The van der Waals surface area contributed by atoms with E-state index in [1.165, 1.54) is 12.8 Å². The van der Waals surface area contributed by atoms with Gasteiger partial charge in [-0.15, -0.1) is 0 Å². The summed E-state index contributed by atoms with van der Waals surface area (Å²) in [4.78, 5) is 18.7. The molecule has 0 aliphatic heterocycles. The Balaban J connectivity index is 2.06. The van der Waals surface area contributed by atoms with Gasteiger partial charge in [0.15, 0.2) is 0 Å². The lowest BCUT2D eigenvalue weighted by atomic mass is 10.2. The summed E-state index contributed by atoms with van der Waals surface area (Å²) in [5, 5.41) is 3.13. The van der Waals surface area contributed by atoms with Crippen LogP contribution >= 0.6 is 0 Å². The molecule has 104 valence electrons. The molecule has 2 rings (SSSR count). The van der Waals surface area contributed by atoms with E-state index < -0.39 is 0 Å². The van der Waals surface area contributed by atoms with E-state index in [9.17, 15) is 4.79 Å². The average Bonchev–Trinajstić information content (AvgIpc) is 3.20. The van der Waals surface area contributed by atoms with E-state index in [-0.39, 0.29) is 11.9 Å². The highest BCUT2D eigenvalue weighted by atomic mass is 16.2. The second-order valence-corrected chi connectivity index (χ2v) is 5.46. The van der Waals surface area contributed by atoms with Crippen LogP contribution in [0.5, 0.6) is 0 Å². The number of rotatable bonds is 6. The Morgan fingerprint density at radius 1 is 1.47 bits per heavy atom. The summed E-state index contributed by atoms with van der Waals surface area (Å²) in [5.74, 6) is 1.62. The van der Waals surface area contributed by atoms with E-state index in [4.69, 9.17) is 0 Å². The minimum absolute atomic E-state index is 0.0949. The second-order valence-electron chi connectivity index (χ2n) is 5.46. The van der Waals surface area contributed by atoms with Gasteiger partial charge >= 0.3 is 0 Å². The second kappa shape index (κ2) is 6.04. The third kappa shape index (κ3) is 3.69. The van der Waals surface area contributed by atoms with Crippen molar-refractivity contribution in [3.8, 4) is 0 Å². The van der Waals surface area contributed by atoms with E-state index in [2.05, 4.69) is 24.1 Å². The maximum absolute atomic E-state index is 12.5. The minimum Gasteiger partial charge on any atom is -0.370 e. The Morgan fingerprint density at radius 3 is 2.68 bits per heavy atom. The van der Waals surface area contributed by atoms with E-state index in [0.717, 1.165) is 18.9 Å². The van der Waals surface area contributed by atoms with Gasteiger partial charge in [-0.25, -0.2) is 4.98 Å². The first-order valence-electron chi connectivity index (χ1n) is 7.12. The normalized spacial score (nSPS) is 14.5. The molecule has 4 heteroatoms. The van der Waals surface area contributed by atoms with Crippen molar-refractivity contribution in [1.82, 2.24) is 9.88 Å². The summed E-state index contributed by atoms with van der Waals surface area (Å²) in [6, 6.07) is 3.96. The summed E-state index contributed by atoms with van der Waals surface area (Å²) in [5.41, 5.74) is 0.677. The van der Waals surface area contributed by atoms with Crippen LogP contribution in [0.1, 0.15) is 44.0 Å². The zero-order valence-electron chi connectivity index (χ0n) is 12.0. The van der Waals surface area contributed by atoms with Crippen LogP contribution in [0.2, 0.25) is 0 Å². The van der Waals surface area contributed by atoms with Crippen LogP contribution in [0.15, 0.2) is 18.3 Å². The van der Waals surface area contributed by atoms with Crippen LogP contribution in [0.25, 0.3) is 0 Å². The van der Waals surface area contributed by atoms with Gasteiger partial charge in [-0.2, -0.15) is 0 Å². The predicted molar refractivity (Wildman–Crippen MR) is 77.3 cm³/mol. The van der Waals surface area contributed by atoms with Crippen molar-refractivity contribution < 1.29 is 4.79 Å². The average molecular weight is 261 g/mol. The fraction of sp³-hybridized carbons (Fsp3) is 0.600. The number of anilines is 1. The highest BCUT2D eigenvalue weighted by Crippen LogP contribution is 2.30. The zero-order chi connectivity index (χ0) is 13.8. The maximum atomic E-state index is 12.5. The van der Waals surface area contributed by atoms with Gasteiger partial charge in [-0.3, -0.25) is 4.79 Å². The highest BCUT2D eigenvalue weighted by Gasteiger charge is 2.28. The fourth-order valence-electron chi connectivity index (χ4n) is 2.08.